The molecule has 0 bridgehead atoms. The van der Waals surface area contributed by atoms with Crippen molar-refractivity contribution < 1.29 is 4.92 Å². The average molecular weight is 268 g/mol. The van der Waals surface area contributed by atoms with Gasteiger partial charge in [0.05, 0.1) is 16.0 Å². The molecule has 3 aromatic rings. The van der Waals surface area contributed by atoms with E-state index in [1.165, 1.54) is 6.07 Å². The molecule has 0 radical (unpaired) electrons. The first-order chi connectivity index (χ1) is 9.54. The summed E-state index contributed by atoms with van der Waals surface area (Å²) in [6, 6.07) is 10.4. The van der Waals surface area contributed by atoms with Crippen LogP contribution in [0.1, 0.15) is 5.56 Å². The second-order valence-corrected chi connectivity index (χ2v) is 4.62. The summed E-state index contributed by atoms with van der Waals surface area (Å²) in [5, 5.41) is 11.0. The van der Waals surface area contributed by atoms with Gasteiger partial charge >= 0.3 is 0 Å². The molecule has 0 amide bonds. The van der Waals surface area contributed by atoms with Gasteiger partial charge in [0.1, 0.15) is 5.82 Å². The van der Waals surface area contributed by atoms with Gasteiger partial charge in [-0.1, -0.05) is 12.1 Å². The van der Waals surface area contributed by atoms with Crippen molar-refractivity contribution in [2.24, 2.45) is 0 Å². The van der Waals surface area contributed by atoms with E-state index >= 15 is 0 Å². The summed E-state index contributed by atoms with van der Waals surface area (Å²) in [5.41, 5.74) is 9.33. The van der Waals surface area contributed by atoms with Gasteiger partial charge in [0.25, 0.3) is 5.69 Å². The molecule has 3 N–H and O–H groups in total. The van der Waals surface area contributed by atoms with Crippen LogP contribution in [0.2, 0.25) is 0 Å². The van der Waals surface area contributed by atoms with Gasteiger partial charge in [-0.2, -0.15) is 0 Å². The number of fused-ring (bicyclic) bond motifs is 1. The Morgan fingerprint density at radius 2 is 2.05 bits per heavy atom. The number of benzene rings is 2. The van der Waals surface area contributed by atoms with E-state index in [0.29, 0.717) is 22.6 Å². The summed E-state index contributed by atoms with van der Waals surface area (Å²) in [5.74, 6) is 0.591. The van der Waals surface area contributed by atoms with Gasteiger partial charge in [-0.3, -0.25) is 10.1 Å². The number of imidazole rings is 1. The number of nitro groups is 1. The molecule has 0 aliphatic rings. The van der Waals surface area contributed by atoms with E-state index < -0.39 is 0 Å². The first-order valence-electron chi connectivity index (χ1n) is 6.05. The first kappa shape index (κ1) is 12.2. The third kappa shape index (κ3) is 1.97. The summed E-state index contributed by atoms with van der Waals surface area (Å²) in [6.45, 7) is 1.71. The van der Waals surface area contributed by atoms with E-state index in [4.69, 9.17) is 5.73 Å². The monoisotopic (exact) mass is 268 g/mol. The van der Waals surface area contributed by atoms with Crippen molar-refractivity contribution in [3.8, 4) is 11.4 Å². The third-order valence-corrected chi connectivity index (χ3v) is 3.19. The van der Waals surface area contributed by atoms with Gasteiger partial charge in [-0.05, 0) is 25.1 Å². The van der Waals surface area contributed by atoms with Gasteiger partial charge in [0.2, 0.25) is 0 Å². The summed E-state index contributed by atoms with van der Waals surface area (Å²) in [7, 11) is 0. The zero-order valence-corrected chi connectivity index (χ0v) is 10.8. The molecule has 20 heavy (non-hydrogen) atoms. The van der Waals surface area contributed by atoms with Crippen LogP contribution < -0.4 is 5.73 Å². The van der Waals surface area contributed by atoms with Gasteiger partial charge in [-0.25, -0.2) is 4.98 Å². The lowest BCUT2D eigenvalue weighted by Gasteiger charge is -2.00. The maximum atomic E-state index is 11.0. The number of nitrogen functional groups attached to an aromatic ring is 1. The van der Waals surface area contributed by atoms with E-state index in [-0.39, 0.29) is 10.6 Å². The Morgan fingerprint density at radius 3 is 2.80 bits per heavy atom. The Labute approximate surface area is 114 Å². The van der Waals surface area contributed by atoms with E-state index in [1.807, 2.05) is 12.1 Å². The van der Waals surface area contributed by atoms with Crippen LogP contribution in [0.5, 0.6) is 0 Å². The minimum absolute atomic E-state index is 0.0856. The molecule has 0 atom stereocenters. The summed E-state index contributed by atoms with van der Waals surface area (Å²) >= 11 is 0. The van der Waals surface area contributed by atoms with E-state index in [2.05, 4.69) is 9.97 Å². The molecule has 0 saturated carbocycles. The highest BCUT2D eigenvalue weighted by Crippen LogP contribution is 2.27. The van der Waals surface area contributed by atoms with E-state index in [9.17, 15) is 10.1 Å². The lowest BCUT2D eigenvalue weighted by molar-refractivity contribution is -0.385. The van der Waals surface area contributed by atoms with Crippen molar-refractivity contribution in [3.05, 3.63) is 52.1 Å². The fraction of sp³-hybridized carbons (Fsp3) is 0.0714. The smallest absolute Gasteiger partial charge is 0.273 e. The maximum Gasteiger partial charge on any atom is 0.273 e. The average Bonchev–Trinajstić information content (AvgIpc) is 2.81. The van der Waals surface area contributed by atoms with E-state index in [1.54, 1.807) is 25.1 Å². The number of nitrogens with zero attached hydrogens (tertiary/aromatic N) is 2. The van der Waals surface area contributed by atoms with Crippen LogP contribution >= 0.6 is 0 Å². The van der Waals surface area contributed by atoms with Crippen LogP contribution in [-0.2, 0) is 0 Å². The number of aromatic amines is 1. The molecule has 0 aliphatic heterocycles. The molecule has 3 rings (SSSR count). The number of anilines is 1. The number of nitro benzene ring substituents is 1. The standard InChI is InChI=1S/C14H12N4O2/c1-8-2-3-9(6-13(8)18(19)20)14-16-11-5-4-10(15)7-12(11)17-14/h2-7H,15H2,1H3,(H,16,17). The zero-order chi connectivity index (χ0) is 14.3. The molecular formula is C14H12N4O2. The van der Waals surface area contributed by atoms with Gasteiger partial charge in [-0.15, -0.1) is 0 Å². The molecule has 0 fully saturated rings. The van der Waals surface area contributed by atoms with Crippen LogP contribution in [0.4, 0.5) is 11.4 Å². The summed E-state index contributed by atoms with van der Waals surface area (Å²) in [6.07, 6.45) is 0. The van der Waals surface area contributed by atoms with Crippen molar-refractivity contribution in [2.45, 2.75) is 6.92 Å². The number of rotatable bonds is 2. The molecule has 0 unspecified atom stereocenters. The SMILES string of the molecule is Cc1ccc(-c2nc3ccc(N)cc3[nH]2)cc1[N+](=O)[O-]. The predicted molar refractivity (Wildman–Crippen MR) is 77.3 cm³/mol. The molecule has 0 spiro atoms. The second-order valence-electron chi connectivity index (χ2n) is 4.62. The lowest BCUT2D eigenvalue weighted by Crippen LogP contribution is -1.92. The Morgan fingerprint density at radius 1 is 1.25 bits per heavy atom. The topological polar surface area (TPSA) is 97.8 Å². The molecule has 6 nitrogen and oxygen atoms in total. The number of H-pyrrole nitrogens is 1. The van der Waals surface area contributed by atoms with E-state index in [0.717, 1.165) is 11.0 Å². The number of nitrogens with one attached hydrogen (secondary N) is 1. The Kier molecular flexibility index (Phi) is 2.64. The van der Waals surface area contributed by atoms with Crippen LogP contribution in [0.3, 0.4) is 0 Å². The molecule has 0 saturated heterocycles. The minimum Gasteiger partial charge on any atom is -0.399 e. The van der Waals surface area contributed by atoms with Crippen LogP contribution in [0, 0.1) is 17.0 Å². The number of aromatic nitrogens is 2. The fourth-order valence-corrected chi connectivity index (χ4v) is 2.12. The van der Waals surface area contributed by atoms with Gasteiger partial charge in [0, 0.05) is 22.9 Å². The second kappa shape index (κ2) is 4.34. The number of aryl methyl sites for hydroxylation is 1. The Bertz CT molecular complexity index is 823. The van der Waals surface area contributed by atoms with Crippen LogP contribution in [0.25, 0.3) is 22.4 Å². The number of nitrogens with two attached hydrogens (primary N) is 1. The number of hydrogen-bond donors (Lipinski definition) is 2. The molecule has 0 aliphatic carbocycles. The highest BCUT2D eigenvalue weighted by Gasteiger charge is 2.13. The van der Waals surface area contributed by atoms with Crippen molar-refractivity contribution in [2.75, 3.05) is 5.73 Å². The summed E-state index contributed by atoms with van der Waals surface area (Å²) < 4.78 is 0. The normalized spacial score (nSPS) is 10.8. The molecule has 1 aromatic heterocycles. The van der Waals surface area contributed by atoms with Crippen LogP contribution in [-0.4, -0.2) is 14.9 Å². The van der Waals surface area contributed by atoms with Crippen molar-refractivity contribution in [1.82, 2.24) is 9.97 Å². The van der Waals surface area contributed by atoms with Gasteiger partial charge in [0.15, 0.2) is 0 Å². The fourth-order valence-electron chi connectivity index (χ4n) is 2.12. The molecular weight excluding hydrogens is 256 g/mol. The number of hydrogen-bond acceptors (Lipinski definition) is 4. The zero-order valence-electron chi connectivity index (χ0n) is 10.8. The highest BCUT2D eigenvalue weighted by atomic mass is 16.6. The van der Waals surface area contributed by atoms with Crippen molar-refractivity contribution >= 4 is 22.4 Å². The lowest BCUT2D eigenvalue weighted by atomic mass is 10.1. The Balaban J connectivity index is 2.15. The molecule has 1 heterocycles. The highest BCUT2D eigenvalue weighted by molar-refractivity contribution is 5.82. The molecule has 6 heteroatoms. The third-order valence-electron chi connectivity index (χ3n) is 3.19. The van der Waals surface area contributed by atoms with Crippen LogP contribution in [0.15, 0.2) is 36.4 Å². The minimum atomic E-state index is -0.389. The summed E-state index contributed by atoms with van der Waals surface area (Å²) in [4.78, 5) is 18.1. The maximum absolute atomic E-state index is 11.0. The molecule has 100 valence electrons. The first-order valence-corrected chi connectivity index (χ1v) is 6.05. The Hall–Kier alpha value is -2.89. The van der Waals surface area contributed by atoms with Gasteiger partial charge < -0.3 is 10.7 Å². The molecule has 2 aromatic carbocycles. The van der Waals surface area contributed by atoms with Crippen molar-refractivity contribution in [1.29, 1.82) is 0 Å². The quantitative estimate of drug-likeness (QED) is 0.424. The predicted octanol–water partition coefficient (Wildman–Crippen LogP) is 3.03. The largest absolute Gasteiger partial charge is 0.399 e. The van der Waals surface area contributed by atoms with Crippen molar-refractivity contribution in [3.63, 3.8) is 0 Å².